The molecule has 210 valence electrons. The fourth-order valence-electron chi connectivity index (χ4n) is 5.61. The van der Waals surface area contributed by atoms with Crippen molar-refractivity contribution in [2.45, 2.75) is 52.9 Å². The molecule has 0 atom stereocenters. The summed E-state index contributed by atoms with van der Waals surface area (Å²) in [5.74, 6) is -1.88. The van der Waals surface area contributed by atoms with Gasteiger partial charge in [0.25, 0.3) is 0 Å². The molecule has 2 aliphatic rings. The molecule has 0 aliphatic carbocycles. The van der Waals surface area contributed by atoms with Crippen LogP contribution in [0.15, 0.2) is 18.2 Å². The van der Waals surface area contributed by atoms with Crippen molar-refractivity contribution in [1.82, 2.24) is 19.8 Å². The lowest BCUT2D eigenvalue weighted by atomic mass is 10.0. The second-order valence-electron chi connectivity index (χ2n) is 10.5. The fraction of sp³-hybridized carbons (Fsp3) is 0.500. The van der Waals surface area contributed by atoms with E-state index in [-0.39, 0.29) is 11.6 Å². The smallest absolute Gasteiger partial charge is 0.419 e. The number of halogens is 4. The van der Waals surface area contributed by atoms with E-state index < -0.39 is 12.1 Å². The molecular weight excluding hydrogens is 514 g/mol. The molecule has 11 heteroatoms. The number of alkyl halides is 3. The summed E-state index contributed by atoms with van der Waals surface area (Å²) in [5.41, 5.74) is 4.15. The molecule has 0 amide bonds. The van der Waals surface area contributed by atoms with E-state index in [0.29, 0.717) is 59.9 Å². The fourth-order valence-corrected chi connectivity index (χ4v) is 5.61. The number of ether oxygens (including phenoxy) is 1. The van der Waals surface area contributed by atoms with E-state index in [4.69, 9.17) is 9.72 Å². The number of fused-ring (bicyclic) bond motifs is 1. The van der Waals surface area contributed by atoms with Crippen molar-refractivity contribution in [3.05, 3.63) is 51.8 Å². The molecule has 5 rings (SSSR count). The first-order chi connectivity index (χ1) is 18.5. The van der Waals surface area contributed by atoms with Crippen LogP contribution < -0.4 is 15.0 Å². The maximum absolute atomic E-state index is 14.4. The van der Waals surface area contributed by atoms with Gasteiger partial charge in [-0.15, -0.1) is 0 Å². The number of benzene rings is 2. The van der Waals surface area contributed by atoms with Crippen LogP contribution in [0.25, 0.3) is 11.0 Å². The Kier molecular flexibility index (Phi) is 7.56. The molecule has 0 spiro atoms. The zero-order valence-corrected chi connectivity index (χ0v) is 22.4. The summed E-state index contributed by atoms with van der Waals surface area (Å²) in [7, 11) is 0. The van der Waals surface area contributed by atoms with Gasteiger partial charge in [0.15, 0.2) is 0 Å². The number of esters is 1. The number of nitrogens with zero attached hydrogens (tertiary/aromatic N) is 4. The highest BCUT2D eigenvalue weighted by Crippen LogP contribution is 2.37. The Bertz CT molecular complexity index is 1370. The van der Waals surface area contributed by atoms with Gasteiger partial charge in [-0.1, -0.05) is 12.1 Å². The van der Waals surface area contributed by atoms with Crippen LogP contribution in [0.5, 0.6) is 5.75 Å². The molecule has 2 saturated heterocycles. The predicted octanol–water partition coefficient (Wildman–Crippen LogP) is 4.62. The minimum atomic E-state index is -5.12. The van der Waals surface area contributed by atoms with Crippen LogP contribution in [0.1, 0.15) is 40.7 Å². The van der Waals surface area contributed by atoms with Crippen molar-refractivity contribution < 1.29 is 27.1 Å². The molecular formula is C28H33F4N5O2. The van der Waals surface area contributed by atoms with Crippen LogP contribution in [0.2, 0.25) is 0 Å². The zero-order chi connectivity index (χ0) is 27.9. The van der Waals surface area contributed by atoms with Gasteiger partial charge in [0.1, 0.15) is 11.6 Å². The van der Waals surface area contributed by atoms with Crippen molar-refractivity contribution >= 4 is 23.0 Å². The molecule has 2 aromatic carbocycles. The monoisotopic (exact) mass is 547 g/mol. The third-order valence-corrected chi connectivity index (χ3v) is 7.50. The van der Waals surface area contributed by atoms with E-state index in [1.54, 1.807) is 26.8 Å². The number of piperazine rings is 1. The molecule has 2 fully saturated rings. The van der Waals surface area contributed by atoms with Gasteiger partial charge in [-0.2, -0.15) is 13.2 Å². The average Bonchev–Trinajstić information content (AvgIpc) is 3.52. The molecule has 2 aliphatic heterocycles. The number of imidazole rings is 1. The van der Waals surface area contributed by atoms with Crippen molar-refractivity contribution in [1.29, 1.82) is 0 Å². The highest BCUT2D eigenvalue weighted by molar-refractivity contribution is 5.88. The SMILES string of the molecule is Cc1cc(Cn2c(N3CCNCC3)nc3c(CN4CCCC4)c(OC(=O)C(F)(F)F)c(C)cc32)cc(C)c1F. The summed E-state index contributed by atoms with van der Waals surface area (Å²) in [6.07, 6.45) is -3.12. The number of aromatic nitrogens is 2. The van der Waals surface area contributed by atoms with E-state index in [1.165, 1.54) is 0 Å². The van der Waals surface area contributed by atoms with E-state index in [2.05, 4.69) is 15.1 Å². The molecule has 3 heterocycles. The Labute approximate surface area is 224 Å². The second-order valence-corrected chi connectivity index (χ2v) is 10.5. The molecule has 0 saturated carbocycles. The maximum Gasteiger partial charge on any atom is 0.491 e. The van der Waals surface area contributed by atoms with E-state index in [1.807, 2.05) is 16.7 Å². The van der Waals surface area contributed by atoms with Gasteiger partial charge in [-0.05, 0) is 75.0 Å². The van der Waals surface area contributed by atoms with Crippen molar-refractivity contribution in [3.63, 3.8) is 0 Å². The lowest BCUT2D eigenvalue weighted by Crippen LogP contribution is -2.44. The first-order valence-electron chi connectivity index (χ1n) is 13.3. The minimum Gasteiger partial charge on any atom is -0.419 e. The van der Waals surface area contributed by atoms with Crippen LogP contribution in [0.3, 0.4) is 0 Å². The molecule has 0 unspecified atom stereocenters. The largest absolute Gasteiger partial charge is 0.491 e. The van der Waals surface area contributed by atoms with Gasteiger partial charge in [0.2, 0.25) is 5.95 Å². The summed E-state index contributed by atoms with van der Waals surface area (Å²) >= 11 is 0. The molecule has 0 bridgehead atoms. The van der Waals surface area contributed by atoms with E-state index in [9.17, 15) is 22.4 Å². The Hall–Kier alpha value is -3.18. The quantitative estimate of drug-likeness (QED) is 0.276. The number of rotatable bonds is 6. The topological polar surface area (TPSA) is 62.6 Å². The molecule has 3 aromatic rings. The second kappa shape index (κ2) is 10.8. The first kappa shape index (κ1) is 27.4. The summed E-state index contributed by atoms with van der Waals surface area (Å²) in [5, 5.41) is 3.33. The van der Waals surface area contributed by atoms with Gasteiger partial charge in [-0.3, -0.25) is 4.90 Å². The summed E-state index contributed by atoms with van der Waals surface area (Å²) in [6.45, 7) is 10.4. The molecule has 7 nitrogen and oxygen atoms in total. The van der Waals surface area contributed by atoms with Crippen molar-refractivity contribution in [3.8, 4) is 5.75 Å². The number of anilines is 1. The highest BCUT2D eigenvalue weighted by atomic mass is 19.4. The highest BCUT2D eigenvalue weighted by Gasteiger charge is 2.42. The van der Waals surface area contributed by atoms with Crippen LogP contribution in [-0.2, 0) is 17.9 Å². The standard InChI is InChI=1S/C28H33F4N5O2/c1-17-12-20(13-18(2)23(17)29)15-37-22-14-19(3)25(39-26(38)28(30,31)32)21(16-35-8-4-5-9-35)24(22)34-27(37)36-10-6-33-7-11-36/h12-14,33H,4-11,15-16H2,1-3H3. The third kappa shape index (κ3) is 5.60. The van der Waals surface area contributed by atoms with Gasteiger partial charge >= 0.3 is 12.1 Å². The van der Waals surface area contributed by atoms with Gasteiger partial charge < -0.3 is 19.5 Å². The lowest BCUT2D eigenvalue weighted by Gasteiger charge is -2.29. The summed E-state index contributed by atoms with van der Waals surface area (Å²) < 4.78 is 61.1. The number of hydrogen-bond donors (Lipinski definition) is 1. The van der Waals surface area contributed by atoms with Gasteiger partial charge in [0, 0.05) is 38.3 Å². The summed E-state index contributed by atoms with van der Waals surface area (Å²) in [6, 6.07) is 5.37. The van der Waals surface area contributed by atoms with Crippen LogP contribution in [0, 0.1) is 26.6 Å². The number of carbonyl (C=O) groups excluding carboxylic acids is 1. The van der Waals surface area contributed by atoms with Crippen molar-refractivity contribution in [2.75, 3.05) is 44.2 Å². The van der Waals surface area contributed by atoms with Gasteiger partial charge in [0.05, 0.1) is 17.6 Å². The zero-order valence-electron chi connectivity index (χ0n) is 22.4. The predicted molar refractivity (Wildman–Crippen MR) is 141 cm³/mol. The van der Waals surface area contributed by atoms with Gasteiger partial charge in [-0.25, -0.2) is 14.2 Å². The molecule has 1 aromatic heterocycles. The minimum absolute atomic E-state index is 0.0818. The summed E-state index contributed by atoms with van der Waals surface area (Å²) in [4.78, 5) is 21.2. The lowest BCUT2D eigenvalue weighted by molar-refractivity contribution is -0.189. The van der Waals surface area contributed by atoms with Crippen LogP contribution in [0.4, 0.5) is 23.5 Å². The maximum atomic E-state index is 14.4. The number of hydrogen-bond acceptors (Lipinski definition) is 6. The number of likely N-dealkylation sites (tertiary alicyclic amines) is 1. The van der Waals surface area contributed by atoms with E-state index in [0.717, 1.165) is 50.1 Å². The molecule has 39 heavy (non-hydrogen) atoms. The number of aryl methyl sites for hydroxylation is 3. The first-order valence-corrected chi connectivity index (χ1v) is 13.3. The Balaban J connectivity index is 1.69. The average molecular weight is 548 g/mol. The van der Waals surface area contributed by atoms with Crippen LogP contribution in [-0.4, -0.2) is 65.9 Å². The Morgan fingerprint density at radius 2 is 1.62 bits per heavy atom. The van der Waals surface area contributed by atoms with Crippen molar-refractivity contribution in [2.24, 2.45) is 0 Å². The third-order valence-electron chi connectivity index (χ3n) is 7.50. The molecule has 1 N–H and O–H groups in total. The molecule has 0 radical (unpaired) electrons. The normalized spacial score (nSPS) is 16.8. The Morgan fingerprint density at radius 1 is 0.974 bits per heavy atom. The Morgan fingerprint density at radius 3 is 2.23 bits per heavy atom. The van der Waals surface area contributed by atoms with Crippen LogP contribution >= 0.6 is 0 Å². The number of nitrogens with one attached hydrogen (secondary N) is 1. The number of carbonyl (C=O) groups is 1. The van der Waals surface area contributed by atoms with E-state index >= 15 is 0 Å².